The lowest BCUT2D eigenvalue weighted by molar-refractivity contribution is -0.130. The molecule has 0 aliphatic carbocycles. The maximum atomic E-state index is 12.4. The minimum atomic E-state index is -0.411. The van der Waals surface area contributed by atoms with Crippen molar-refractivity contribution < 1.29 is 14.3 Å². The van der Waals surface area contributed by atoms with Gasteiger partial charge in [0.2, 0.25) is 11.8 Å². The largest absolute Gasteiger partial charge is 0.493 e. The number of nitrogens with zero attached hydrogens (tertiary/aromatic N) is 4. The third-order valence-electron chi connectivity index (χ3n) is 5.89. The van der Waals surface area contributed by atoms with Crippen molar-refractivity contribution in [3.8, 4) is 5.75 Å². The zero-order valence-corrected chi connectivity index (χ0v) is 16.9. The highest BCUT2D eigenvalue weighted by atomic mass is 16.6. The fourth-order valence-electron chi connectivity index (χ4n) is 4.26. The van der Waals surface area contributed by atoms with Crippen LogP contribution in [0.25, 0.3) is 11.0 Å². The molecule has 2 aromatic carbocycles. The summed E-state index contributed by atoms with van der Waals surface area (Å²) in [5.74, 6) is 1.68. The van der Waals surface area contributed by atoms with Crippen LogP contribution in [0.1, 0.15) is 11.1 Å². The SMILES string of the molecule is O=C1OC(c2cccc3c2CCO3)=NC1=CN1CCN(c2nc3ccccc3[nH]2)CC1. The van der Waals surface area contributed by atoms with Crippen molar-refractivity contribution in [1.82, 2.24) is 14.9 Å². The van der Waals surface area contributed by atoms with Crippen LogP contribution in [0.5, 0.6) is 5.75 Å². The lowest BCUT2D eigenvalue weighted by atomic mass is 10.1. The molecule has 1 N–H and O–H groups in total. The number of anilines is 1. The van der Waals surface area contributed by atoms with E-state index in [0.29, 0.717) is 18.2 Å². The van der Waals surface area contributed by atoms with Crippen molar-refractivity contribution in [2.24, 2.45) is 4.99 Å². The topological polar surface area (TPSA) is 83.1 Å². The molecule has 0 bridgehead atoms. The first kappa shape index (κ1) is 18.0. The zero-order chi connectivity index (χ0) is 20.8. The molecule has 6 rings (SSSR count). The average Bonchev–Trinajstić information content (AvgIpc) is 3.52. The number of piperazine rings is 1. The van der Waals surface area contributed by atoms with Gasteiger partial charge in [-0.1, -0.05) is 18.2 Å². The first-order valence-electron chi connectivity index (χ1n) is 10.5. The number of fused-ring (bicyclic) bond motifs is 2. The summed E-state index contributed by atoms with van der Waals surface area (Å²) in [6.07, 6.45) is 2.61. The summed E-state index contributed by atoms with van der Waals surface area (Å²) in [6.45, 7) is 3.80. The second kappa shape index (κ2) is 7.16. The lowest BCUT2D eigenvalue weighted by Gasteiger charge is -2.33. The van der Waals surface area contributed by atoms with Crippen LogP contribution in [-0.2, 0) is 16.0 Å². The van der Waals surface area contributed by atoms with Crippen molar-refractivity contribution in [3.63, 3.8) is 0 Å². The van der Waals surface area contributed by atoms with Crippen LogP contribution in [0.4, 0.5) is 5.95 Å². The molecule has 156 valence electrons. The van der Waals surface area contributed by atoms with E-state index in [4.69, 9.17) is 9.47 Å². The van der Waals surface area contributed by atoms with Crippen molar-refractivity contribution in [2.75, 3.05) is 37.7 Å². The molecule has 0 amide bonds. The molecular formula is C23H21N5O3. The third kappa shape index (κ3) is 3.20. The highest BCUT2D eigenvalue weighted by Crippen LogP contribution is 2.30. The number of ether oxygens (including phenoxy) is 2. The molecule has 3 aromatic rings. The van der Waals surface area contributed by atoms with Crippen LogP contribution in [0, 0.1) is 0 Å². The van der Waals surface area contributed by atoms with Crippen LogP contribution >= 0.6 is 0 Å². The van der Waals surface area contributed by atoms with E-state index in [9.17, 15) is 4.79 Å². The van der Waals surface area contributed by atoms with E-state index >= 15 is 0 Å². The van der Waals surface area contributed by atoms with Gasteiger partial charge in [-0.15, -0.1) is 0 Å². The number of carbonyl (C=O) groups excluding carboxylic acids is 1. The van der Waals surface area contributed by atoms with E-state index in [2.05, 4.69) is 24.8 Å². The summed E-state index contributed by atoms with van der Waals surface area (Å²) < 4.78 is 11.1. The van der Waals surface area contributed by atoms with E-state index in [-0.39, 0.29) is 0 Å². The molecule has 4 heterocycles. The Kier molecular flexibility index (Phi) is 4.15. The van der Waals surface area contributed by atoms with Crippen molar-refractivity contribution in [1.29, 1.82) is 0 Å². The number of aliphatic imine (C=N–C) groups is 1. The maximum Gasteiger partial charge on any atom is 0.365 e. The Morgan fingerprint density at radius 2 is 1.90 bits per heavy atom. The molecule has 3 aliphatic heterocycles. The van der Waals surface area contributed by atoms with E-state index in [1.54, 1.807) is 0 Å². The standard InChI is InChI=1S/C23H21N5O3/c29-22-19(24-21(31-22)16-4-3-7-20-15(16)8-13-30-20)14-27-9-11-28(12-10-27)23-25-17-5-1-2-6-18(17)26-23/h1-7,14H,8-13H2,(H,25,26). The Bertz CT molecular complexity index is 1200. The second-order valence-electron chi connectivity index (χ2n) is 7.80. The highest BCUT2D eigenvalue weighted by molar-refractivity contribution is 6.11. The predicted molar refractivity (Wildman–Crippen MR) is 116 cm³/mol. The monoisotopic (exact) mass is 415 g/mol. The number of aromatic nitrogens is 2. The summed E-state index contributed by atoms with van der Waals surface area (Å²) >= 11 is 0. The smallest absolute Gasteiger partial charge is 0.365 e. The predicted octanol–water partition coefficient (Wildman–Crippen LogP) is 2.46. The van der Waals surface area contributed by atoms with Gasteiger partial charge in [0.25, 0.3) is 0 Å². The number of aromatic amines is 1. The van der Waals surface area contributed by atoms with Crippen molar-refractivity contribution in [2.45, 2.75) is 6.42 Å². The molecule has 0 spiro atoms. The number of hydrogen-bond acceptors (Lipinski definition) is 7. The van der Waals surface area contributed by atoms with Gasteiger partial charge in [-0.3, -0.25) is 0 Å². The van der Waals surface area contributed by atoms with Crippen LogP contribution in [0.2, 0.25) is 0 Å². The first-order valence-corrected chi connectivity index (χ1v) is 10.5. The number of rotatable bonds is 3. The summed E-state index contributed by atoms with van der Waals surface area (Å²) in [5, 5.41) is 0. The molecule has 1 fully saturated rings. The molecule has 31 heavy (non-hydrogen) atoms. The highest BCUT2D eigenvalue weighted by Gasteiger charge is 2.29. The van der Waals surface area contributed by atoms with Gasteiger partial charge < -0.3 is 24.3 Å². The summed E-state index contributed by atoms with van der Waals surface area (Å²) in [7, 11) is 0. The number of nitrogens with one attached hydrogen (secondary N) is 1. The molecule has 0 saturated carbocycles. The van der Waals surface area contributed by atoms with Crippen molar-refractivity contribution >= 4 is 28.8 Å². The minimum Gasteiger partial charge on any atom is -0.493 e. The van der Waals surface area contributed by atoms with Gasteiger partial charge in [-0.25, -0.2) is 14.8 Å². The van der Waals surface area contributed by atoms with Gasteiger partial charge in [0.1, 0.15) is 5.75 Å². The Balaban J connectivity index is 1.17. The Morgan fingerprint density at radius 3 is 2.77 bits per heavy atom. The van der Waals surface area contributed by atoms with Crippen molar-refractivity contribution in [3.05, 3.63) is 65.5 Å². The lowest BCUT2D eigenvalue weighted by Crippen LogP contribution is -2.44. The van der Waals surface area contributed by atoms with E-state index in [1.807, 2.05) is 48.7 Å². The van der Waals surface area contributed by atoms with Crippen LogP contribution in [-0.4, -0.2) is 59.5 Å². The van der Waals surface area contributed by atoms with E-state index in [0.717, 1.165) is 66.5 Å². The first-order chi connectivity index (χ1) is 15.2. The number of H-pyrrole nitrogens is 1. The zero-order valence-electron chi connectivity index (χ0n) is 16.9. The fourth-order valence-corrected chi connectivity index (χ4v) is 4.26. The summed E-state index contributed by atoms with van der Waals surface area (Å²) in [4.78, 5) is 29.3. The fraction of sp³-hybridized carbons (Fsp3) is 0.261. The number of imidazole rings is 1. The van der Waals surface area contributed by atoms with Crippen LogP contribution in [0.3, 0.4) is 0 Å². The number of para-hydroxylation sites is 2. The van der Waals surface area contributed by atoms with E-state index in [1.165, 1.54) is 0 Å². The van der Waals surface area contributed by atoms with Gasteiger partial charge in [-0.05, 0) is 24.3 Å². The maximum absolute atomic E-state index is 12.4. The molecular weight excluding hydrogens is 394 g/mol. The van der Waals surface area contributed by atoms with Gasteiger partial charge in [0, 0.05) is 49.9 Å². The Labute approximate surface area is 178 Å². The van der Waals surface area contributed by atoms with Gasteiger partial charge >= 0.3 is 5.97 Å². The second-order valence-corrected chi connectivity index (χ2v) is 7.80. The summed E-state index contributed by atoms with van der Waals surface area (Å²) in [6, 6.07) is 13.8. The molecule has 3 aliphatic rings. The van der Waals surface area contributed by atoms with E-state index < -0.39 is 5.97 Å². The molecule has 0 unspecified atom stereocenters. The quantitative estimate of drug-likeness (QED) is 0.523. The normalized spacial score (nSPS) is 19.5. The summed E-state index contributed by atoms with van der Waals surface area (Å²) in [5.41, 5.74) is 4.23. The number of benzene rings is 2. The van der Waals surface area contributed by atoms with Crippen LogP contribution < -0.4 is 9.64 Å². The number of cyclic esters (lactones) is 1. The number of carbonyl (C=O) groups is 1. The molecule has 8 heteroatoms. The Morgan fingerprint density at radius 1 is 1.03 bits per heavy atom. The van der Waals surface area contributed by atoms with Gasteiger partial charge in [0.15, 0.2) is 5.70 Å². The van der Waals surface area contributed by atoms with Crippen LogP contribution in [0.15, 0.2) is 59.4 Å². The molecule has 1 saturated heterocycles. The Hall–Kier alpha value is -3.81. The molecule has 0 radical (unpaired) electrons. The van der Waals surface area contributed by atoms with Gasteiger partial charge in [-0.2, -0.15) is 0 Å². The number of esters is 1. The third-order valence-corrected chi connectivity index (χ3v) is 5.89. The van der Waals surface area contributed by atoms with Gasteiger partial charge in [0.05, 0.1) is 17.6 Å². The molecule has 0 atom stereocenters. The average molecular weight is 415 g/mol. The molecule has 1 aromatic heterocycles. The number of hydrogen-bond donors (Lipinski definition) is 1. The minimum absolute atomic E-state index is 0.337. The molecule has 8 nitrogen and oxygen atoms in total.